The van der Waals surface area contributed by atoms with Crippen LogP contribution in [0.15, 0.2) is 35.0 Å². The van der Waals surface area contributed by atoms with Crippen LogP contribution in [0.3, 0.4) is 0 Å². The Morgan fingerprint density at radius 2 is 2.13 bits per heavy atom. The van der Waals surface area contributed by atoms with Crippen molar-refractivity contribution in [1.82, 2.24) is 0 Å². The van der Waals surface area contributed by atoms with Crippen LogP contribution in [0, 0.1) is 11.3 Å². The van der Waals surface area contributed by atoms with E-state index in [0.29, 0.717) is 12.0 Å². The molecular weight excluding hydrogens is 184 g/mol. The largest absolute Gasteiger partial charge is 0.190 e. The first kappa shape index (κ1) is 10.6. The van der Waals surface area contributed by atoms with Gasteiger partial charge in [0.1, 0.15) is 0 Å². The highest BCUT2D eigenvalue weighted by molar-refractivity contribution is 5.26. The summed E-state index contributed by atoms with van der Waals surface area (Å²) in [7, 11) is 0. The molecule has 0 unspecified atom stereocenters. The van der Waals surface area contributed by atoms with Gasteiger partial charge in [0.15, 0.2) is 0 Å². The van der Waals surface area contributed by atoms with E-state index in [-0.39, 0.29) is 11.0 Å². The Bertz CT molecular complexity index is 344. The standard InChI is InChI=1S/C13H20N2/c1-6-10-11-7-8-12(4,15-14-11)13(10,5)9(2)3/h6,10-11H,1-2,7-8H2,3-5H3/t10-,11-,12+,13-/m1/s1. The van der Waals surface area contributed by atoms with Crippen molar-refractivity contribution < 1.29 is 0 Å². The molecule has 82 valence electrons. The second-order valence-corrected chi connectivity index (χ2v) is 5.34. The van der Waals surface area contributed by atoms with Gasteiger partial charge in [-0.05, 0) is 26.7 Å². The molecule has 0 amide bonds. The van der Waals surface area contributed by atoms with Gasteiger partial charge >= 0.3 is 0 Å². The van der Waals surface area contributed by atoms with Gasteiger partial charge in [-0.1, -0.05) is 25.2 Å². The summed E-state index contributed by atoms with van der Waals surface area (Å²) in [5, 5.41) is 8.93. The summed E-state index contributed by atoms with van der Waals surface area (Å²) >= 11 is 0. The maximum atomic E-state index is 4.52. The van der Waals surface area contributed by atoms with Crippen LogP contribution in [0.2, 0.25) is 0 Å². The van der Waals surface area contributed by atoms with Crippen molar-refractivity contribution in [3.8, 4) is 0 Å². The summed E-state index contributed by atoms with van der Waals surface area (Å²) in [5.41, 5.74) is 1.16. The van der Waals surface area contributed by atoms with E-state index >= 15 is 0 Å². The van der Waals surface area contributed by atoms with Crippen LogP contribution in [0.4, 0.5) is 0 Å². The van der Waals surface area contributed by atoms with E-state index in [2.05, 4.69) is 50.2 Å². The minimum Gasteiger partial charge on any atom is -0.190 e. The molecule has 2 heterocycles. The molecule has 2 heteroatoms. The summed E-state index contributed by atoms with van der Waals surface area (Å²) in [6.45, 7) is 14.7. The number of azo groups is 1. The second-order valence-electron chi connectivity index (χ2n) is 5.34. The van der Waals surface area contributed by atoms with Gasteiger partial charge in [0.25, 0.3) is 0 Å². The van der Waals surface area contributed by atoms with Crippen molar-refractivity contribution in [3.63, 3.8) is 0 Å². The quantitative estimate of drug-likeness (QED) is 0.612. The Balaban J connectivity index is 2.56. The first-order valence-corrected chi connectivity index (χ1v) is 5.66. The maximum Gasteiger partial charge on any atom is 0.0885 e. The predicted octanol–water partition coefficient (Wildman–Crippen LogP) is 3.76. The van der Waals surface area contributed by atoms with Crippen LogP contribution in [-0.2, 0) is 0 Å². The zero-order valence-corrected chi connectivity index (χ0v) is 9.95. The Morgan fingerprint density at radius 3 is 2.47 bits per heavy atom. The van der Waals surface area contributed by atoms with Crippen molar-refractivity contribution in [2.75, 3.05) is 0 Å². The lowest BCUT2D eigenvalue weighted by Gasteiger charge is -2.56. The van der Waals surface area contributed by atoms with Gasteiger partial charge in [0.05, 0.1) is 11.6 Å². The molecule has 1 fully saturated rings. The third kappa shape index (κ3) is 1.11. The lowest BCUT2D eigenvalue weighted by Crippen LogP contribution is -2.57. The highest BCUT2D eigenvalue weighted by Gasteiger charge is 2.58. The number of hydrogen-bond acceptors (Lipinski definition) is 2. The number of fused-ring (bicyclic) bond motifs is 2. The fourth-order valence-corrected chi connectivity index (χ4v) is 3.23. The van der Waals surface area contributed by atoms with Crippen LogP contribution >= 0.6 is 0 Å². The molecule has 2 nitrogen and oxygen atoms in total. The third-order valence-electron chi connectivity index (χ3n) is 4.69. The smallest absolute Gasteiger partial charge is 0.0885 e. The lowest BCUT2D eigenvalue weighted by atomic mass is 9.53. The average molecular weight is 204 g/mol. The minimum absolute atomic E-state index is 0.0272. The Labute approximate surface area is 92.2 Å². The fraction of sp³-hybridized carbons (Fsp3) is 0.692. The maximum absolute atomic E-state index is 4.52. The molecule has 0 aromatic carbocycles. The summed E-state index contributed by atoms with van der Waals surface area (Å²) in [4.78, 5) is 0. The topological polar surface area (TPSA) is 24.7 Å². The van der Waals surface area contributed by atoms with Crippen molar-refractivity contribution in [2.24, 2.45) is 21.6 Å². The van der Waals surface area contributed by atoms with Crippen LogP contribution in [0.25, 0.3) is 0 Å². The number of hydrogen-bond donors (Lipinski definition) is 0. The highest BCUT2D eigenvalue weighted by atomic mass is 15.2. The second kappa shape index (κ2) is 3.03. The normalized spacial score (nSPS) is 47.9. The van der Waals surface area contributed by atoms with Crippen LogP contribution < -0.4 is 0 Å². The molecule has 0 aromatic heterocycles. The van der Waals surface area contributed by atoms with E-state index in [0.717, 1.165) is 12.8 Å². The minimum atomic E-state index is -0.0769. The van der Waals surface area contributed by atoms with E-state index < -0.39 is 0 Å². The van der Waals surface area contributed by atoms with Crippen molar-refractivity contribution >= 4 is 0 Å². The van der Waals surface area contributed by atoms with Crippen molar-refractivity contribution in [1.29, 1.82) is 0 Å². The van der Waals surface area contributed by atoms with Gasteiger partial charge in [0, 0.05) is 11.3 Å². The van der Waals surface area contributed by atoms with Crippen LogP contribution in [0.5, 0.6) is 0 Å². The molecule has 3 rings (SSSR count). The highest BCUT2D eigenvalue weighted by Crippen LogP contribution is 2.58. The molecule has 0 aromatic rings. The van der Waals surface area contributed by atoms with Gasteiger partial charge in [-0.25, -0.2) is 0 Å². The van der Waals surface area contributed by atoms with E-state index in [1.807, 2.05) is 0 Å². The molecule has 0 saturated heterocycles. The van der Waals surface area contributed by atoms with Gasteiger partial charge in [0.2, 0.25) is 0 Å². The molecular formula is C13H20N2. The third-order valence-corrected chi connectivity index (χ3v) is 4.69. The molecule has 1 aliphatic carbocycles. The molecule has 1 saturated carbocycles. The fourth-order valence-electron chi connectivity index (χ4n) is 3.23. The molecule has 2 aliphatic heterocycles. The van der Waals surface area contributed by atoms with Gasteiger partial charge in [-0.15, -0.1) is 6.58 Å². The van der Waals surface area contributed by atoms with Crippen molar-refractivity contribution in [2.45, 2.75) is 45.2 Å². The number of rotatable bonds is 2. The van der Waals surface area contributed by atoms with Crippen molar-refractivity contribution in [3.05, 3.63) is 24.8 Å². The Morgan fingerprint density at radius 1 is 1.47 bits per heavy atom. The first-order chi connectivity index (χ1) is 6.95. The number of nitrogens with zero attached hydrogens (tertiary/aromatic N) is 2. The summed E-state index contributed by atoms with van der Waals surface area (Å²) in [5.74, 6) is 0.395. The molecule has 2 bridgehead atoms. The van der Waals surface area contributed by atoms with Gasteiger partial charge < -0.3 is 0 Å². The molecule has 0 spiro atoms. The van der Waals surface area contributed by atoms with E-state index in [1.165, 1.54) is 5.57 Å². The summed E-state index contributed by atoms with van der Waals surface area (Å²) < 4.78 is 0. The van der Waals surface area contributed by atoms with E-state index in [9.17, 15) is 0 Å². The molecule has 0 radical (unpaired) electrons. The van der Waals surface area contributed by atoms with E-state index in [1.54, 1.807) is 0 Å². The lowest BCUT2D eigenvalue weighted by molar-refractivity contribution is 0.0356. The van der Waals surface area contributed by atoms with Crippen LogP contribution in [-0.4, -0.2) is 11.6 Å². The van der Waals surface area contributed by atoms with Crippen LogP contribution in [0.1, 0.15) is 33.6 Å². The predicted molar refractivity (Wildman–Crippen MR) is 62.9 cm³/mol. The SMILES string of the molecule is C=C[C@@H]1[C@H]2CC[C@](C)(N=N2)[C@]1(C)C(=C)C. The monoisotopic (exact) mass is 204 g/mol. The summed E-state index contributed by atoms with van der Waals surface area (Å²) in [6.07, 6.45) is 4.31. The molecule has 4 atom stereocenters. The molecule has 3 aliphatic rings. The molecule has 15 heavy (non-hydrogen) atoms. The molecule has 0 N–H and O–H groups in total. The summed E-state index contributed by atoms with van der Waals surface area (Å²) in [6, 6.07) is 0.325. The van der Waals surface area contributed by atoms with E-state index in [4.69, 9.17) is 0 Å². The van der Waals surface area contributed by atoms with Gasteiger partial charge in [-0.2, -0.15) is 10.2 Å². The zero-order valence-electron chi connectivity index (χ0n) is 9.95. The zero-order chi connectivity index (χ0) is 11.3. The Kier molecular flexibility index (Phi) is 2.14. The first-order valence-electron chi connectivity index (χ1n) is 5.66. The Hall–Kier alpha value is -0.920. The van der Waals surface area contributed by atoms with Gasteiger partial charge in [-0.3, -0.25) is 0 Å². The average Bonchev–Trinajstić information content (AvgIpc) is 2.20.